The number of aromatic hydroxyl groups is 1. The number of H-pyrrole nitrogens is 1. The largest absolute Gasteiger partial charge is 0.507 e. The van der Waals surface area contributed by atoms with Crippen LogP contribution in [0.1, 0.15) is 28.5 Å². The SMILES string of the molecule is CC(=O)c1c(C)[nH]c2c(C)ccc(O)c12. The monoisotopic (exact) mass is 203 g/mol. The summed E-state index contributed by atoms with van der Waals surface area (Å²) in [6.07, 6.45) is 0. The van der Waals surface area contributed by atoms with Gasteiger partial charge in [-0.1, -0.05) is 6.07 Å². The maximum atomic E-state index is 11.5. The first-order chi connectivity index (χ1) is 7.02. The van der Waals surface area contributed by atoms with Gasteiger partial charge in [0.15, 0.2) is 5.78 Å². The van der Waals surface area contributed by atoms with Crippen LogP contribution in [0.2, 0.25) is 0 Å². The maximum Gasteiger partial charge on any atom is 0.162 e. The second-order valence-corrected chi connectivity index (χ2v) is 3.83. The summed E-state index contributed by atoms with van der Waals surface area (Å²) in [6, 6.07) is 3.45. The van der Waals surface area contributed by atoms with Crippen LogP contribution in [0.25, 0.3) is 10.9 Å². The number of aryl methyl sites for hydroxylation is 2. The zero-order chi connectivity index (χ0) is 11.2. The Balaban J connectivity index is 2.98. The Labute approximate surface area is 87.7 Å². The van der Waals surface area contributed by atoms with Gasteiger partial charge in [0.05, 0.1) is 10.9 Å². The minimum Gasteiger partial charge on any atom is -0.507 e. The molecule has 2 N–H and O–H groups in total. The first kappa shape index (κ1) is 9.77. The number of hydrogen-bond donors (Lipinski definition) is 2. The number of ketones is 1. The molecule has 15 heavy (non-hydrogen) atoms. The van der Waals surface area contributed by atoms with Gasteiger partial charge in [0, 0.05) is 11.3 Å². The Bertz CT molecular complexity index is 552. The molecular formula is C12H13NO2. The number of phenols is 1. The standard InChI is InChI=1S/C12H13NO2/c1-6-4-5-9(15)11-10(8(3)14)7(2)13-12(6)11/h4-5,13,15H,1-3H3. The predicted molar refractivity (Wildman–Crippen MR) is 59.4 cm³/mol. The highest BCUT2D eigenvalue weighted by molar-refractivity contribution is 6.10. The lowest BCUT2D eigenvalue weighted by Gasteiger charge is -2.00. The van der Waals surface area contributed by atoms with Gasteiger partial charge in [0.1, 0.15) is 5.75 Å². The highest BCUT2D eigenvalue weighted by atomic mass is 16.3. The van der Waals surface area contributed by atoms with Crippen molar-refractivity contribution in [3.63, 3.8) is 0 Å². The molecule has 2 aromatic rings. The molecule has 0 radical (unpaired) electrons. The second-order valence-electron chi connectivity index (χ2n) is 3.83. The van der Waals surface area contributed by atoms with Gasteiger partial charge < -0.3 is 10.1 Å². The summed E-state index contributed by atoms with van der Waals surface area (Å²) in [5.41, 5.74) is 3.27. The van der Waals surface area contributed by atoms with Crippen molar-refractivity contribution in [1.29, 1.82) is 0 Å². The third kappa shape index (κ3) is 1.31. The summed E-state index contributed by atoms with van der Waals surface area (Å²) in [6.45, 7) is 5.30. The summed E-state index contributed by atoms with van der Waals surface area (Å²) in [7, 11) is 0. The number of nitrogens with one attached hydrogen (secondary N) is 1. The number of carbonyl (C=O) groups is 1. The van der Waals surface area contributed by atoms with E-state index in [1.165, 1.54) is 6.92 Å². The fourth-order valence-corrected chi connectivity index (χ4v) is 1.99. The summed E-state index contributed by atoms with van der Waals surface area (Å²) in [5, 5.41) is 10.4. The van der Waals surface area contributed by atoms with E-state index < -0.39 is 0 Å². The van der Waals surface area contributed by atoms with Gasteiger partial charge in [0.2, 0.25) is 0 Å². The van der Waals surface area contributed by atoms with Gasteiger partial charge in [-0.2, -0.15) is 0 Å². The van der Waals surface area contributed by atoms with Crippen LogP contribution in [0.15, 0.2) is 12.1 Å². The lowest BCUT2D eigenvalue weighted by Crippen LogP contribution is -1.93. The van der Waals surface area contributed by atoms with Gasteiger partial charge in [0.25, 0.3) is 0 Å². The fraction of sp³-hybridized carbons (Fsp3) is 0.250. The lowest BCUT2D eigenvalue weighted by atomic mass is 10.0. The molecule has 78 valence electrons. The van der Waals surface area contributed by atoms with E-state index in [-0.39, 0.29) is 11.5 Å². The fourth-order valence-electron chi connectivity index (χ4n) is 1.99. The van der Waals surface area contributed by atoms with E-state index in [2.05, 4.69) is 4.98 Å². The van der Waals surface area contributed by atoms with Crippen molar-refractivity contribution in [3.05, 3.63) is 29.0 Å². The van der Waals surface area contributed by atoms with Crippen LogP contribution in [0, 0.1) is 13.8 Å². The first-order valence-corrected chi connectivity index (χ1v) is 4.84. The molecule has 0 bridgehead atoms. The van der Waals surface area contributed by atoms with Gasteiger partial charge in [-0.25, -0.2) is 0 Å². The third-order valence-electron chi connectivity index (χ3n) is 2.68. The summed E-state index contributed by atoms with van der Waals surface area (Å²) < 4.78 is 0. The molecule has 0 saturated carbocycles. The molecular weight excluding hydrogens is 190 g/mol. The molecule has 0 atom stereocenters. The molecule has 0 unspecified atom stereocenters. The van der Waals surface area contributed by atoms with Crippen LogP contribution in [-0.4, -0.2) is 15.9 Å². The molecule has 0 amide bonds. The Morgan fingerprint density at radius 1 is 1.33 bits per heavy atom. The topological polar surface area (TPSA) is 53.1 Å². The molecule has 0 spiro atoms. The number of phenolic OH excluding ortho intramolecular Hbond substituents is 1. The highest BCUT2D eigenvalue weighted by Gasteiger charge is 2.16. The number of fused-ring (bicyclic) bond motifs is 1. The Morgan fingerprint density at radius 3 is 2.60 bits per heavy atom. The van der Waals surface area contributed by atoms with Crippen molar-refractivity contribution in [2.45, 2.75) is 20.8 Å². The highest BCUT2D eigenvalue weighted by Crippen LogP contribution is 2.32. The van der Waals surface area contributed by atoms with Gasteiger partial charge >= 0.3 is 0 Å². The number of rotatable bonds is 1. The zero-order valence-electron chi connectivity index (χ0n) is 9.01. The van der Waals surface area contributed by atoms with E-state index >= 15 is 0 Å². The van der Waals surface area contributed by atoms with Gasteiger partial charge in [-0.15, -0.1) is 0 Å². The average Bonchev–Trinajstić information content (AvgIpc) is 2.50. The van der Waals surface area contributed by atoms with E-state index in [0.29, 0.717) is 10.9 Å². The number of carbonyl (C=O) groups excluding carboxylic acids is 1. The number of aromatic nitrogens is 1. The normalized spacial score (nSPS) is 10.9. The number of benzene rings is 1. The van der Waals surface area contributed by atoms with Crippen LogP contribution in [0.3, 0.4) is 0 Å². The van der Waals surface area contributed by atoms with Crippen molar-refractivity contribution in [3.8, 4) is 5.75 Å². The van der Waals surface area contributed by atoms with E-state index in [1.54, 1.807) is 6.07 Å². The summed E-state index contributed by atoms with van der Waals surface area (Å²) in [4.78, 5) is 14.6. The lowest BCUT2D eigenvalue weighted by molar-refractivity contribution is 0.101. The minimum absolute atomic E-state index is 0.0281. The summed E-state index contributed by atoms with van der Waals surface area (Å²) >= 11 is 0. The van der Waals surface area contributed by atoms with E-state index in [0.717, 1.165) is 16.8 Å². The smallest absolute Gasteiger partial charge is 0.162 e. The second kappa shape index (κ2) is 3.12. The van der Waals surface area contributed by atoms with E-state index in [9.17, 15) is 9.90 Å². The molecule has 1 heterocycles. The van der Waals surface area contributed by atoms with E-state index in [1.807, 2.05) is 19.9 Å². The molecule has 0 aliphatic rings. The molecule has 0 saturated heterocycles. The zero-order valence-corrected chi connectivity index (χ0v) is 9.01. The number of aromatic amines is 1. The average molecular weight is 203 g/mol. The first-order valence-electron chi connectivity index (χ1n) is 4.84. The van der Waals surface area contributed by atoms with Crippen molar-refractivity contribution < 1.29 is 9.90 Å². The molecule has 3 heteroatoms. The van der Waals surface area contributed by atoms with Crippen molar-refractivity contribution in [1.82, 2.24) is 4.98 Å². The van der Waals surface area contributed by atoms with Gasteiger partial charge in [-0.05, 0) is 32.4 Å². The third-order valence-corrected chi connectivity index (χ3v) is 2.68. The van der Waals surface area contributed by atoms with Crippen molar-refractivity contribution in [2.24, 2.45) is 0 Å². The van der Waals surface area contributed by atoms with Crippen LogP contribution in [0.5, 0.6) is 5.75 Å². The van der Waals surface area contributed by atoms with E-state index in [4.69, 9.17) is 0 Å². The molecule has 0 aliphatic carbocycles. The van der Waals surface area contributed by atoms with Crippen LogP contribution in [0.4, 0.5) is 0 Å². The molecule has 1 aromatic heterocycles. The minimum atomic E-state index is -0.0281. The van der Waals surface area contributed by atoms with Crippen molar-refractivity contribution >= 4 is 16.7 Å². The summed E-state index contributed by atoms with van der Waals surface area (Å²) in [5.74, 6) is 0.129. The molecule has 3 nitrogen and oxygen atoms in total. The number of hydrogen-bond acceptors (Lipinski definition) is 2. The number of Topliss-reactive ketones (excluding diaryl/α,β-unsaturated/α-hetero) is 1. The molecule has 1 aromatic carbocycles. The Kier molecular flexibility index (Phi) is 2.03. The van der Waals surface area contributed by atoms with Crippen molar-refractivity contribution in [2.75, 3.05) is 0 Å². The van der Waals surface area contributed by atoms with Crippen LogP contribution >= 0.6 is 0 Å². The Morgan fingerprint density at radius 2 is 2.00 bits per heavy atom. The maximum absolute atomic E-state index is 11.5. The van der Waals surface area contributed by atoms with Crippen LogP contribution < -0.4 is 0 Å². The van der Waals surface area contributed by atoms with Crippen LogP contribution in [-0.2, 0) is 0 Å². The molecule has 0 fully saturated rings. The molecule has 0 aliphatic heterocycles. The van der Waals surface area contributed by atoms with Gasteiger partial charge in [-0.3, -0.25) is 4.79 Å². The quantitative estimate of drug-likeness (QED) is 0.700. The Hall–Kier alpha value is -1.77. The molecule has 2 rings (SSSR count). The predicted octanol–water partition coefficient (Wildman–Crippen LogP) is 2.69.